The van der Waals surface area contributed by atoms with Crippen LogP contribution in [0.2, 0.25) is 0 Å². The summed E-state index contributed by atoms with van der Waals surface area (Å²) in [6, 6.07) is 18.0. The van der Waals surface area contributed by atoms with Crippen molar-refractivity contribution >= 4 is 49.2 Å². The van der Waals surface area contributed by atoms with Crippen molar-refractivity contribution in [2.45, 2.75) is 50.2 Å². The highest BCUT2D eigenvalue weighted by molar-refractivity contribution is 9.10. The number of nitrogens with zero attached hydrogens (tertiary/aromatic N) is 4. The van der Waals surface area contributed by atoms with E-state index < -0.39 is 15.6 Å². The van der Waals surface area contributed by atoms with Crippen LogP contribution in [0.4, 0.5) is 16.3 Å². The second kappa shape index (κ2) is 11.2. The summed E-state index contributed by atoms with van der Waals surface area (Å²) in [7, 11) is -3.74. The van der Waals surface area contributed by atoms with Crippen LogP contribution in [0.1, 0.15) is 33.6 Å². The number of nitrogens with one attached hydrogen (secondary N) is 2. The number of fused-ring (bicyclic) bond motifs is 1. The fraction of sp³-hybridized carbons (Fsp3) is 0.321. The van der Waals surface area contributed by atoms with E-state index in [0.717, 1.165) is 15.7 Å². The zero-order valence-electron chi connectivity index (χ0n) is 22.5. The van der Waals surface area contributed by atoms with Crippen LogP contribution in [-0.4, -0.2) is 58.7 Å². The van der Waals surface area contributed by atoms with Gasteiger partial charge in [0.15, 0.2) is 5.65 Å². The van der Waals surface area contributed by atoms with E-state index in [-0.39, 0.29) is 17.0 Å². The van der Waals surface area contributed by atoms with E-state index in [4.69, 9.17) is 9.72 Å². The average Bonchev–Trinajstić information content (AvgIpc) is 3.29. The maximum absolute atomic E-state index is 13.1. The predicted molar refractivity (Wildman–Crippen MR) is 157 cm³/mol. The molecule has 1 amide bonds. The number of piperidine rings is 1. The van der Waals surface area contributed by atoms with Gasteiger partial charge in [-0.05, 0) is 73.8 Å². The number of anilines is 2. The van der Waals surface area contributed by atoms with Gasteiger partial charge in [0.25, 0.3) is 0 Å². The van der Waals surface area contributed by atoms with E-state index >= 15 is 0 Å². The van der Waals surface area contributed by atoms with E-state index in [1.165, 1.54) is 0 Å². The van der Waals surface area contributed by atoms with Gasteiger partial charge in [0, 0.05) is 36.4 Å². The minimum absolute atomic E-state index is 0.166. The zero-order chi connectivity index (χ0) is 28.5. The first kappa shape index (κ1) is 28.1. The third kappa shape index (κ3) is 6.45. The Bertz CT molecular complexity index is 1610. The molecule has 1 fully saturated rings. The Morgan fingerprint density at radius 3 is 2.38 bits per heavy atom. The van der Waals surface area contributed by atoms with Crippen molar-refractivity contribution in [2.75, 3.05) is 18.4 Å². The van der Waals surface area contributed by atoms with Crippen molar-refractivity contribution < 1.29 is 17.9 Å². The Kier molecular flexibility index (Phi) is 7.85. The first-order valence-electron chi connectivity index (χ1n) is 13.0. The van der Waals surface area contributed by atoms with Crippen molar-refractivity contribution in [3.63, 3.8) is 0 Å². The second-order valence-corrected chi connectivity index (χ2v) is 13.2. The molecule has 2 N–H and O–H groups in total. The first-order chi connectivity index (χ1) is 19.0. The van der Waals surface area contributed by atoms with Gasteiger partial charge in [-0.2, -0.15) is 9.61 Å². The number of carbonyl (C=O) groups is 1. The van der Waals surface area contributed by atoms with E-state index in [0.29, 0.717) is 43.1 Å². The summed E-state index contributed by atoms with van der Waals surface area (Å²) >= 11 is 3.51. The predicted octanol–water partition coefficient (Wildman–Crippen LogP) is 5.58. The quantitative estimate of drug-likeness (QED) is 0.287. The fourth-order valence-electron chi connectivity index (χ4n) is 4.44. The lowest BCUT2D eigenvalue weighted by Crippen LogP contribution is -2.47. The Balaban J connectivity index is 1.27. The average molecular weight is 628 g/mol. The summed E-state index contributed by atoms with van der Waals surface area (Å²) in [6.07, 6.45) is 2.34. The molecule has 2 aromatic carbocycles. The summed E-state index contributed by atoms with van der Waals surface area (Å²) < 4.78 is 36.8. The molecule has 4 aromatic rings. The molecule has 0 radical (unpaired) electrons. The van der Waals surface area contributed by atoms with Gasteiger partial charge in [-0.25, -0.2) is 22.9 Å². The van der Waals surface area contributed by atoms with Crippen molar-refractivity contribution in [2.24, 2.45) is 0 Å². The lowest BCUT2D eigenvalue weighted by atomic mass is 10.1. The smallest absolute Gasteiger partial charge is 0.410 e. The van der Waals surface area contributed by atoms with Crippen LogP contribution >= 0.6 is 15.9 Å². The van der Waals surface area contributed by atoms with E-state index in [1.54, 1.807) is 39.9 Å². The van der Waals surface area contributed by atoms with Crippen molar-refractivity contribution in [3.05, 3.63) is 71.3 Å². The van der Waals surface area contributed by atoms with Gasteiger partial charge < -0.3 is 15.0 Å². The number of likely N-dealkylation sites (tertiary alicyclic amines) is 1. The van der Waals surface area contributed by atoms with Crippen molar-refractivity contribution in [1.29, 1.82) is 0 Å². The lowest BCUT2D eigenvalue weighted by Gasteiger charge is -2.33. The molecule has 0 aliphatic carbocycles. The number of aromatic nitrogens is 3. The van der Waals surface area contributed by atoms with Crippen LogP contribution in [0.25, 0.3) is 16.9 Å². The number of hydrogen-bond acceptors (Lipinski definition) is 7. The molecule has 2 aromatic heterocycles. The van der Waals surface area contributed by atoms with Gasteiger partial charge in [-0.3, -0.25) is 0 Å². The maximum Gasteiger partial charge on any atom is 0.410 e. The normalized spacial score (nSPS) is 14.8. The molecule has 1 aliphatic heterocycles. The summed E-state index contributed by atoms with van der Waals surface area (Å²) in [5.74, 6) is 0.681. The fourth-order valence-corrected chi connectivity index (χ4v) is 6.09. The summed E-state index contributed by atoms with van der Waals surface area (Å²) in [4.78, 5) is 18.8. The number of carbonyl (C=O) groups excluding carboxylic acids is 1. The second-order valence-electron chi connectivity index (χ2n) is 10.6. The Hall–Kier alpha value is -3.48. The maximum atomic E-state index is 13.1. The van der Waals surface area contributed by atoms with Crippen molar-refractivity contribution in [1.82, 2.24) is 24.2 Å². The number of ether oxygens (including phenoxy) is 1. The van der Waals surface area contributed by atoms with Crippen LogP contribution < -0.4 is 10.0 Å². The van der Waals surface area contributed by atoms with Crippen LogP contribution in [0.5, 0.6) is 0 Å². The van der Waals surface area contributed by atoms with Gasteiger partial charge in [0.05, 0.1) is 21.3 Å². The third-order valence-corrected chi connectivity index (χ3v) is 8.50. The molecular formula is C28H31BrN6O4S. The van der Waals surface area contributed by atoms with Gasteiger partial charge >= 0.3 is 6.09 Å². The Morgan fingerprint density at radius 1 is 1.05 bits per heavy atom. The van der Waals surface area contributed by atoms with Gasteiger partial charge in [-0.1, -0.05) is 30.3 Å². The highest BCUT2D eigenvalue weighted by atomic mass is 79.9. The van der Waals surface area contributed by atoms with Crippen LogP contribution in [0.15, 0.2) is 76.2 Å². The number of hydrogen-bond donors (Lipinski definition) is 2. The number of sulfonamides is 1. The standard InChI is InChI=1S/C28H31BrN6O4S/c1-28(2,3)39-27(36)34-15-13-21(14-16-34)33-40(37,38)22-11-9-20(10-12-22)31-25-17-24(19-7-5-4-6-8-19)32-26-23(29)18-30-35(25)26/h4-12,17-18,21,31,33H,13-16H2,1-3H3. The minimum atomic E-state index is -3.74. The molecule has 0 bridgehead atoms. The highest BCUT2D eigenvalue weighted by Crippen LogP contribution is 2.28. The molecule has 0 saturated carbocycles. The van der Waals surface area contributed by atoms with Crippen molar-refractivity contribution in [3.8, 4) is 11.3 Å². The zero-order valence-corrected chi connectivity index (χ0v) is 24.9. The van der Waals surface area contributed by atoms with Gasteiger partial charge in [-0.15, -0.1) is 0 Å². The summed E-state index contributed by atoms with van der Waals surface area (Å²) in [5.41, 5.74) is 2.52. The molecule has 5 rings (SSSR count). The lowest BCUT2D eigenvalue weighted by molar-refractivity contribution is 0.0203. The van der Waals surface area contributed by atoms with Crippen LogP contribution in [0, 0.1) is 0 Å². The Morgan fingerprint density at radius 2 is 1.73 bits per heavy atom. The number of rotatable bonds is 6. The molecule has 12 heteroatoms. The molecule has 10 nitrogen and oxygen atoms in total. The molecular weight excluding hydrogens is 596 g/mol. The molecule has 1 saturated heterocycles. The van der Waals surface area contributed by atoms with E-state index in [1.807, 2.05) is 57.2 Å². The SMILES string of the molecule is CC(C)(C)OC(=O)N1CCC(NS(=O)(=O)c2ccc(Nc3cc(-c4ccccc4)nc4c(Br)cnn34)cc2)CC1. The van der Waals surface area contributed by atoms with Crippen LogP contribution in [-0.2, 0) is 14.8 Å². The van der Waals surface area contributed by atoms with Crippen LogP contribution in [0.3, 0.4) is 0 Å². The number of benzene rings is 2. The molecule has 3 heterocycles. The number of amides is 1. The molecule has 1 aliphatic rings. The molecule has 0 unspecified atom stereocenters. The van der Waals surface area contributed by atoms with E-state index in [9.17, 15) is 13.2 Å². The molecule has 40 heavy (non-hydrogen) atoms. The third-order valence-electron chi connectivity index (χ3n) is 6.40. The van der Waals surface area contributed by atoms with Gasteiger partial charge in [0.2, 0.25) is 10.0 Å². The number of halogens is 1. The largest absolute Gasteiger partial charge is 0.444 e. The Labute approximate surface area is 241 Å². The highest BCUT2D eigenvalue weighted by Gasteiger charge is 2.29. The molecule has 210 valence electrons. The summed E-state index contributed by atoms with van der Waals surface area (Å²) in [5, 5.41) is 7.75. The van der Waals surface area contributed by atoms with E-state index in [2.05, 4.69) is 31.1 Å². The first-order valence-corrected chi connectivity index (χ1v) is 15.2. The minimum Gasteiger partial charge on any atom is -0.444 e. The monoisotopic (exact) mass is 626 g/mol. The topological polar surface area (TPSA) is 118 Å². The molecule has 0 atom stereocenters. The summed E-state index contributed by atoms with van der Waals surface area (Å²) in [6.45, 7) is 6.33. The molecule has 0 spiro atoms. The van der Waals surface area contributed by atoms with Gasteiger partial charge in [0.1, 0.15) is 11.4 Å².